The maximum Gasteiger partial charge on any atom is 0.338 e. The van der Waals surface area contributed by atoms with Crippen molar-refractivity contribution in [2.24, 2.45) is 0 Å². The van der Waals surface area contributed by atoms with Gasteiger partial charge in [-0.25, -0.2) is 4.79 Å². The summed E-state index contributed by atoms with van der Waals surface area (Å²) in [7, 11) is 0. The summed E-state index contributed by atoms with van der Waals surface area (Å²) in [6.45, 7) is 6.08. The highest BCUT2D eigenvalue weighted by Crippen LogP contribution is 2.35. The average molecular weight is 366 g/mol. The molecule has 1 aliphatic heterocycles. The van der Waals surface area contributed by atoms with Crippen LogP contribution in [0.3, 0.4) is 0 Å². The molecule has 0 spiro atoms. The number of anilines is 1. The highest BCUT2D eigenvalue weighted by molar-refractivity contribution is 7.80. The van der Waals surface area contributed by atoms with Crippen molar-refractivity contribution >= 4 is 29.0 Å². The van der Waals surface area contributed by atoms with Gasteiger partial charge in [-0.2, -0.15) is 0 Å². The van der Waals surface area contributed by atoms with Crippen molar-refractivity contribution in [2.75, 3.05) is 11.5 Å². The molecule has 0 aromatic heterocycles. The molecule has 0 aliphatic carbocycles. The molecule has 0 saturated carbocycles. The standard InChI is InChI=1S/C21H22N2O2S/c1-4-25-20(24)18-15(3)23(16-11-6-5-7-12-16)21(26)22-19(18)17-13-9-8-10-14(17)2/h5-13,19H,4H2,1-3H3,(H,22,26). The number of ether oxygens (including phenoxy) is 1. The SMILES string of the molecule is CCOC(=O)C1=C(C)N(c2ccccc2)C(=S)NC1c1ccccc1C. The summed E-state index contributed by atoms with van der Waals surface area (Å²) >= 11 is 5.64. The van der Waals surface area contributed by atoms with E-state index in [1.165, 1.54) is 0 Å². The third-order valence-corrected chi connectivity index (χ3v) is 4.79. The van der Waals surface area contributed by atoms with E-state index in [4.69, 9.17) is 17.0 Å². The molecule has 3 rings (SSSR count). The summed E-state index contributed by atoms with van der Waals surface area (Å²) in [5.41, 5.74) is 4.39. The highest BCUT2D eigenvalue weighted by Gasteiger charge is 2.35. The second kappa shape index (κ2) is 7.70. The minimum absolute atomic E-state index is 0.325. The van der Waals surface area contributed by atoms with Gasteiger partial charge in [0.1, 0.15) is 0 Å². The van der Waals surface area contributed by atoms with Crippen molar-refractivity contribution < 1.29 is 9.53 Å². The first-order chi connectivity index (χ1) is 12.5. The topological polar surface area (TPSA) is 41.6 Å². The summed E-state index contributed by atoms with van der Waals surface area (Å²) in [6.07, 6.45) is 0. The number of benzene rings is 2. The van der Waals surface area contributed by atoms with E-state index in [1.54, 1.807) is 0 Å². The number of allylic oxidation sites excluding steroid dienone is 1. The zero-order valence-corrected chi connectivity index (χ0v) is 16.0. The summed E-state index contributed by atoms with van der Waals surface area (Å²) in [5, 5.41) is 3.91. The third-order valence-electron chi connectivity index (χ3n) is 4.49. The van der Waals surface area contributed by atoms with Crippen molar-refractivity contribution in [2.45, 2.75) is 26.8 Å². The third kappa shape index (κ3) is 3.35. The first-order valence-corrected chi connectivity index (χ1v) is 9.04. The van der Waals surface area contributed by atoms with Gasteiger partial charge < -0.3 is 10.1 Å². The predicted octanol–water partition coefficient (Wildman–Crippen LogP) is 4.27. The molecule has 2 aromatic rings. The summed E-state index contributed by atoms with van der Waals surface area (Å²) < 4.78 is 5.36. The number of rotatable bonds is 4. The molecule has 0 radical (unpaired) electrons. The van der Waals surface area contributed by atoms with Crippen LogP contribution in [-0.4, -0.2) is 17.7 Å². The molecule has 1 atom stereocenters. The molecule has 0 amide bonds. The second-order valence-electron chi connectivity index (χ2n) is 6.13. The largest absolute Gasteiger partial charge is 0.463 e. The van der Waals surface area contributed by atoms with Crippen molar-refractivity contribution in [3.05, 3.63) is 77.0 Å². The van der Waals surface area contributed by atoms with Crippen LogP contribution in [0, 0.1) is 6.92 Å². The van der Waals surface area contributed by atoms with Gasteiger partial charge in [0.05, 0.1) is 18.2 Å². The quantitative estimate of drug-likeness (QED) is 0.647. The van der Waals surface area contributed by atoms with Crippen LogP contribution in [0.15, 0.2) is 65.9 Å². The highest BCUT2D eigenvalue weighted by atomic mass is 32.1. The molecule has 5 heteroatoms. The molecule has 0 bridgehead atoms. The van der Waals surface area contributed by atoms with Crippen LogP contribution in [0.2, 0.25) is 0 Å². The Morgan fingerprint density at radius 2 is 1.77 bits per heavy atom. The molecule has 2 aromatic carbocycles. The Bertz CT molecular complexity index is 861. The Morgan fingerprint density at radius 1 is 1.12 bits per heavy atom. The minimum atomic E-state index is -0.331. The first kappa shape index (κ1) is 18.1. The van der Waals surface area contributed by atoms with Crippen molar-refractivity contribution in [1.82, 2.24) is 5.32 Å². The van der Waals surface area contributed by atoms with Gasteiger partial charge in [-0.05, 0) is 56.2 Å². The molecule has 134 valence electrons. The molecular formula is C21H22N2O2S. The number of para-hydroxylation sites is 1. The van der Waals surface area contributed by atoms with Crippen LogP contribution < -0.4 is 10.2 Å². The molecule has 0 fully saturated rings. The average Bonchev–Trinajstić information content (AvgIpc) is 2.62. The first-order valence-electron chi connectivity index (χ1n) is 8.63. The van der Waals surface area contributed by atoms with E-state index >= 15 is 0 Å². The summed E-state index contributed by atoms with van der Waals surface area (Å²) in [5.74, 6) is -0.325. The number of hydrogen-bond acceptors (Lipinski definition) is 3. The van der Waals surface area contributed by atoms with Crippen LogP contribution in [0.5, 0.6) is 0 Å². The van der Waals surface area contributed by atoms with Gasteiger partial charge in [0.15, 0.2) is 5.11 Å². The number of carbonyl (C=O) groups excluding carboxylic acids is 1. The van der Waals surface area contributed by atoms with Crippen LogP contribution in [0.1, 0.15) is 31.0 Å². The molecule has 1 N–H and O–H groups in total. The smallest absolute Gasteiger partial charge is 0.338 e. The molecule has 1 unspecified atom stereocenters. The van der Waals surface area contributed by atoms with Crippen LogP contribution >= 0.6 is 12.2 Å². The molecular weight excluding hydrogens is 344 g/mol. The second-order valence-corrected chi connectivity index (χ2v) is 6.52. The number of aryl methyl sites for hydroxylation is 1. The van der Waals surface area contributed by atoms with E-state index in [9.17, 15) is 4.79 Å². The monoisotopic (exact) mass is 366 g/mol. The fourth-order valence-electron chi connectivity index (χ4n) is 3.25. The Morgan fingerprint density at radius 3 is 2.42 bits per heavy atom. The fourth-order valence-corrected chi connectivity index (χ4v) is 3.61. The zero-order valence-electron chi connectivity index (χ0n) is 15.2. The molecule has 26 heavy (non-hydrogen) atoms. The van der Waals surface area contributed by atoms with Crippen LogP contribution in [-0.2, 0) is 9.53 Å². The molecule has 1 heterocycles. The van der Waals surface area contributed by atoms with Gasteiger partial charge >= 0.3 is 5.97 Å². The summed E-state index contributed by atoms with van der Waals surface area (Å²) in [4.78, 5) is 14.7. The van der Waals surface area contributed by atoms with Gasteiger partial charge in [0.2, 0.25) is 0 Å². The van der Waals surface area contributed by atoms with Crippen molar-refractivity contribution in [1.29, 1.82) is 0 Å². The summed E-state index contributed by atoms with van der Waals surface area (Å²) in [6, 6.07) is 17.4. The molecule has 0 saturated heterocycles. The van der Waals surface area contributed by atoms with E-state index in [1.807, 2.05) is 80.3 Å². The maximum atomic E-state index is 12.8. The number of nitrogens with one attached hydrogen (secondary N) is 1. The van der Waals surface area contributed by atoms with Crippen molar-refractivity contribution in [3.8, 4) is 0 Å². The predicted molar refractivity (Wildman–Crippen MR) is 108 cm³/mol. The van der Waals surface area contributed by atoms with Gasteiger partial charge in [0, 0.05) is 11.4 Å². The minimum Gasteiger partial charge on any atom is -0.463 e. The van der Waals surface area contributed by atoms with E-state index in [2.05, 4.69) is 5.32 Å². The molecule has 1 aliphatic rings. The van der Waals surface area contributed by atoms with Crippen molar-refractivity contribution in [3.63, 3.8) is 0 Å². The zero-order chi connectivity index (χ0) is 18.7. The normalized spacial score (nSPS) is 17.1. The number of carbonyl (C=O) groups is 1. The fraction of sp³-hybridized carbons (Fsp3) is 0.238. The van der Waals surface area contributed by atoms with Gasteiger partial charge in [-0.3, -0.25) is 4.90 Å². The van der Waals surface area contributed by atoms with E-state index < -0.39 is 0 Å². The lowest BCUT2D eigenvalue weighted by Crippen LogP contribution is -2.48. The Hall–Kier alpha value is -2.66. The van der Waals surface area contributed by atoms with Crippen LogP contribution in [0.4, 0.5) is 5.69 Å². The number of nitrogens with zero attached hydrogens (tertiary/aromatic N) is 1. The van der Waals surface area contributed by atoms with Gasteiger partial charge in [0.25, 0.3) is 0 Å². The maximum absolute atomic E-state index is 12.8. The van der Waals surface area contributed by atoms with E-state index in [0.29, 0.717) is 17.3 Å². The van der Waals surface area contributed by atoms with Gasteiger partial charge in [-0.15, -0.1) is 0 Å². The Kier molecular flexibility index (Phi) is 5.38. The van der Waals surface area contributed by atoms with Crippen LogP contribution in [0.25, 0.3) is 0 Å². The Labute approximate surface area is 159 Å². The number of hydrogen-bond donors (Lipinski definition) is 1. The van der Waals surface area contributed by atoms with Gasteiger partial charge in [-0.1, -0.05) is 42.5 Å². The lowest BCUT2D eigenvalue weighted by molar-refractivity contribution is -0.139. The number of esters is 1. The lowest BCUT2D eigenvalue weighted by Gasteiger charge is -2.38. The van der Waals surface area contributed by atoms with E-state index in [-0.39, 0.29) is 12.0 Å². The number of thiocarbonyl (C=S) groups is 1. The lowest BCUT2D eigenvalue weighted by atomic mass is 9.92. The Balaban J connectivity index is 2.15. The molecule has 4 nitrogen and oxygen atoms in total. The van der Waals surface area contributed by atoms with E-state index in [0.717, 1.165) is 22.5 Å².